The zero-order valence-electron chi connectivity index (χ0n) is 10.9. The Bertz CT molecular complexity index is 294. The Balaban J connectivity index is 2.08. The van der Waals surface area contributed by atoms with Crippen molar-refractivity contribution in [2.24, 2.45) is 11.7 Å². The second-order valence-electron chi connectivity index (χ2n) is 5.92. The highest BCUT2D eigenvalue weighted by atomic mass is 16.4. The molecular weight excluding hydrogens is 216 g/mol. The van der Waals surface area contributed by atoms with Crippen LogP contribution >= 0.6 is 0 Å². The van der Waals surface area contributed by atoms with E-state index in [0.29, 0.717) is 18.6 Å². The molecule has 3 N–H and O–H groups in total. The molecule has 3 atom stereocenters. The zero-order valence-corrected chi connectivity index (χ0v) is 10.9. The maximum atomic E-state index is 11.4. The Morgan fingerprint density at radius 3 is 2.24 bits per heavy atom. The summed E-state index contributed by atoms with van der Waals surface area (Å²) in [6, 6.07) is 0.916. The summed E-state index contributed by atoms with van der Waals surface area (Å²) in [6.45, 7) is 4.88. The van der Waals surface area contributed by atoms with Gasteiger partial charge in [0.1, 0.15) is 5.54 Å². The Morgan fingerprint density at radius 1 is 1.29 bits per heavy atom. The fourth-order valence-electron chi connectivity index (χ4n) is 3.06. The van der Waals surface area contributed by atoms with Crippen molar-refractivity contribution >= 4 is 5.97 Å². The van der Waals surface area contributed by atoms with Crippen LogP contribution < -0.4 is 5.73 Å². The van der Waals surface area contributed by atoms with Gasteiger partial charge in [0.25, 0.3) is 0 Å². The number of rotatable bonds is 4. The molecule has 0 radical (unpaired) electrons. The van der Waals surface area contributed by atoms with Crippen LogP contribution in [0, 0.1) is 5.92 Å². The highest BCUT2D eigenvalue weighted by Crippen LogP contribution is 2.40. The molecule has 1 saturated heterocycles. The minimum Gasteiger partial charge on any atom is -0.480 e. The van der Waals surface area contributed by atoms with Gasteiger partial charge in [0.05, 0.1) is 0 Å². The van der Waals surface area contributed by atoms with Crippen LogP contribution in [0.2, 0.25) is 0 Å². The molecule has 2 aliphatic rings. The van der Waals surface area contributed by atoms with Gasteiger partial charge in [-0.15, -0.1) is 0 Å². The summed E-state index contributed by atoms with van der Waals surface area (Å²) in [7, 11) is 0. The van der Waals surface area contributed by atoms with Gasteiger partial charge in [0, 0.05) is 18.6 Å². The van der Waals surface area contributed by atoms with Crippen molar-refractivity contribution in [2.75, 3.05) is 6.54 Å². The second-order valence-corrected chi connectivity index (χ2v) is 5.92. The van der Waals surface area contributed by atoms with Gasteiger partial charge >= 0.3 is 5.97 Å². The number of piperidine rings is 1. The molecule has 4 heteroatoms. The van der Waals surface area contributed by atoms with E-state index >= 15 is 0 Å². The number of nitrogens with zero attached hydrogens (tertiary/aromatic N) is 1. The van der Waals surface area contributed by atoms with Crippen molar-refractivity contribution in [1.82, 2.24) is 4.90 Å². The summed E-state index contributed by atoms with van der Waals surface area (Å²) in [6.07, 6.45) is 5.50. The van der Waals surface area contributed by atoms with Crippen molar-refractivity contribution < 1.29 is 9.90 Å². The van der Waals surface area contributed by atoms with Gasteiger partial charge in [0.15, 0.2) is 0 Å². The Kier molecular flexibility index (Phi) is 3.46. The average Bonchev–Trinajstić information content (AvgIpc) is 3.07. The number of hydrogen-bond acceptors (Lipinski definition) is 3. The maximum absolute atomic E-state index is 11.4. The van der Waals surface area contributed by atoms with Crippen LogP contribution in [-0.2, 0) is 4.79 Å². The number of aliphatic carboxylic acids is 1. The number of carboxylic acids is 1. The normalized spacial score (nSPS) is 34.3. The van der Waals surface area contributed by atoms with Crippen molar-refractivity contribution in [1.29, 1.82) is 0 Å². The van der Waals surface area contributed by atoms with Crippen LogP contribution in [0.15, 0.2) is 0 Å². The fourth-order valence-corrected chi connectivity index (χ4v) is 3.06. The van der Waals surface area contributed by atoms with E-state index in [1.807, 2.05) is 0 Å². The van der Waals surface area contributed by atoms with Crippen LogP contribution in [0.4, 0.5) is 0 Å². The van der Waals surface area contributed by atoms with E-state index < -0.39 is 11.5 Å². The summed E-state index contributed by atoms with van der Waals surface area (Å²) in [4.78, 5) is 13.7. The van der Waals surface area contributed by atoms with Crippen LogP contribution in [-0.4, -0.2) is 40.1 Å². The lowest BCUT2D eigenvalue weighted by Gasteiger charge is -2.43. The number of nitrogens with two attached hydrogens (primary N) is 1. The molecule has 4 nitrogen and oxygen atoms in total. The number of hydrogen-bond donors (Lipinski definition) is 2. The van der Waals surface area contributed by atoms with Crippen LogP contribution in [0.25, 0.3) is 0 Å². The van der Waals surface area contributed by atoms with E-state index in [2.05, 4.69) is 18.7 Å². The lowest BCUT2D eigenvalue weighted by Crippen LogP contribution is -2.61. The third-order valence-electron chi connectivity index (χ3n) is 4.52. The van der Waals surface area contributed by atoms with Crippen molar-refractivity contribution in [2.45, 2.75) is 63.6 Å². The van der Waals surface area contributed by atoms with Crippen LogP contribution in [0.5, 0.6) is 0 Å². The van der Waals surface area contributed by atoms with Gasteiger partial charge in [-0.05, 0) is 45.4 Å². The quantitative estimate of drug-likeness (QED) is 0.780. The Labute approximate surface area is 103 Å². The maximum Gasteiger partial charge on any atom is 0.325 e. The molecule has 0 aromatic rings. The lowest BCUT2D eigenvalue weighted by molar-refractivity contribution is -0.145. The molecule has 0 aromatic carbocycles. The van der Waals surface area contributed by atoms with E-state index in [-0.39, 0.29) is 5.92 Å². The number of carboxylic acid groups (broad SMARTS) is 1. The first-order valence-electron chi connectivity index (χ1n) is 6.73. The first-order valence-corrected chi connectivity index (χ1v) is 6.73. The SMILES string of the molecule is CC1CCCC(C)N1CC(N)(C(=O)O)C1CC1. The van der Waals surface area contributed by atoms with Gasteiger partial charge < -0.3 is 10.8 Å². The summed E-state index contributed by atoms with van der Waals surface area (Å²) in [5.41, 5.74) is 5.13. The second kappa shape index (κ2) is 4.58. The molecule has 0 aromatic heterocycles. The minimum atomic E-state index is -1.03. The molecule has 3 unspecified atom stereocenters. The zero-order chi connectivity index (χ0) is 12.6. The predicted molar refractivity (Wildman–Crippen MR) is 66.8 cm³/mol. The molecule has 1 aliphatic carbocycles. The van der Waals surface area contributed by atoms with Crippen LogP contribution in [0.1, 0.15) is 46.0 Å². The fraction of sp³-hybridized carbons (Fsp3) is 0.923. The van der Waals surface area contributed by atoms with E-state index in [1.54, 1.807) is 0 Å². The number of likely N-dealkylation sites (tertiary alicyclic amines) is 1. The molecule has 98 valence electrons. The molecule has 1 heterocycles. The van der Waals surface area contributed by atoms with E-state index in [9.17, 15) is 9.90 Å². The molecule has 0 amide bonds. The molecule has 1 aliphatic heterocycles. The lowest BCUT2D eigenvalue weighted by atomic mass is 9.89. The van der Waals surface area contributed by atoms with Crippen molar-refractivity contribution in [3.63, 3.8) is 0 Å². The Morgan fingerprint density at radius 2 is 1.82 bits per heavy atom. The third kappa shape index (κ3) is 2.47. The monoisotopic (exact) mass is 240 g/mol. The largest absolute Gasteiger partial charge is 0.480 e. The van der Waals surface area contributed by atoms with Gasteiger partial charge in [-0.3, -0.25) is 9.69 Å². The number of carbonyl (C=O) groups is 1. The molecule has 0 bridgehead atoms. The van der Waals surface area contributed by atoms with Gasteiger partial charge in [-0.1, -0.05) is 6.42 Å². The highest BCUT2D eigenvalue weighted by Gasteiger charge is 2.50. The van der Waals surface area contributed by atoms with Gasteiger partial charge in [0.2, 0.25) is 0 Å². The molecule has 17 heavy (non-hydrogen) atoms. The summed E-state index contributed by atoms with van der Waals surface area (Å²) >= 11 is 0. The van der Waals surface area contributed by atoms with Crippen LogP contribution in [0.3, 0.4) is 0 Å². The van der Waals surface area contributed by atoms with E-state index in [0.717, 1.165) is 25.7 Å². The minimum absolute atomic E-state index is 0.182. The summed E-state index contributed by atoms with van der Waals surface area (Å²) in [5.74, 6) is -0.647. The molecule has 1 saturated carbocycles. The molecular formula is C13H24N2O2. The van der Waals surface area contributed by atoms with Crippen molar-refractivity contribution in [3.8, 4) is 0 Å². The van der Waals surface area contributed by atoms with Gasteiger partial charge in [-0.2, -0.15) is 0 Å². The standard InChI is InChI=1S/C13H24N2O2/c1-9-4-3-5-10(2)15(9)8-13(14,12(16)17)11-6-7-11/h9-11H,3-8,14H2,1-2H3,(H,16,17). The van der Waals surface area contributed by atoms with Crippen molar-refractivity contribution in [3.05, 3.63) is 0 Å². The first-order chi connectivity index (χ1) is 7.95. The highest BCUT2D eigenvalue weighted by molar-refractivity contribution is 5.79. The Hall–Kier alpha value is -0.610. The average molecular weight is 240 g/mol. The first kappa shape index (κ1) is 12.8. The molecule has 0 spiro atoms. The van der Waals surface area contributed by atoms with Gasteiger partial charge in [-0.25, -0.2) is 0 Å². The summed E-state index contributed by atoms with van der Waals surface area (Å²) in [5, 5.41) is 9.39. The smallest absolute Gasteiger partial charge is 0.325 e. The third-order valence-corrected chi connectivity index (χ3v) is 4.52. The topological polar surface area (TPSA) is 66.6 Å². The van der Waals surface area contributed by atoms with E-state index in [4.69, 9.17) is 5.73 Å². The predicted octanol–water partition coefficient (Wildman–Crippen LogP) is 1.44. The van der Waals surface area contributed by atoms with E-state index in [1.165, 1.54) is 6.42 Å². The molecule has 2 rings (SSSR count). The molecule has 2 fully saturated rings. The summed E-state index contributed by atoms with van der Waals surface area (Å²) < 4.78 is 0.